The number of aromatic hydroxyl groups is 1. The van der Waals surface area contributed by atoms with Crippen LogP contribution in [0.4, 0.5) is 0 Å². The van der Waals surface area contributed by atoms with Crippen LogP contribution in [0.2, 0.25) is 0 Å². The van der Waals surface area contributed by atoms with Crippen LogP contribution >= 0.6 is 12.4 Å². The fourth-order valence-corrected chi connectivity index (χ4v) is 4.61. The molecule has 0 bridgehead atoms. The Kier molecular flexibility index (Phi) is 8.42. The molecule has 12 heteroatoms. The highest BCUT2D eigenvalue weighted by molar-refractivity contribution is 7.89. The maximum atomic E-state index is 13.4. The average molecular weight is 496 g/mol. The van der Waals surface area contributed by atoms with Crippen molar-refractivity contribution in [1.82, 2.24) is 14.5 Å². The van der Waals surface area contributed by atoms with Gasteiger partial charge < -0.3 is 15.3 Å². The van der Waals surface area contributed by atoms with Gasteiger partial charge in [-0.3, -0.25) is 5.41 Å². The molecular formula is C21H26ClN5O5S. The van der Waals surface area contributed by atoms with Crippen LogP contribution in [0, 0.1) is 5.41 Å². The van der Waals surface area contributed by atoms with Crippen molar-refractivity contribution in [2.45, 2.75) is 37.6 Å². The highest BCUT2D eigenvalue weighted by Crippen LogP contribution is 2.28. The summed E-state index contributed by atoms with van der Waals surface area (Å²) in [7, 11) is -4.25. The first kappa shape index (κ1) is 26.1. The lowest BCUT2D eigenvalue weighted by Crippen LogP contribution is -2.33. The first-order chi connectivity index (χ1) is 15.1. The highest BCUT2D eigenvalue weighted by Gasteiger charge is 2.29. The first-order valence-electron chi connectivity index (χ1n) is 9.88. The molecule has 0 radical (unpaired) electrons. The largest absolute Gasteiger partial charge is 0.507 e. The molecule has 0 fully saturated rings. The fourth-order valence-electron chi connectivity index (χ4n) is 3.11. The van der Waals surface area contributed by atoms with Gasteiger partial charge in [0.1, 0.15) is 16.5 Å². The van der Waals surface area contributed by atoms with Crippen LogP contribution in [-0.2, 0) is 23.0 Å². The molecule has 178 valence electrons. The zero-order valence-electron chi connectivity index (χ0n) is 18.1. The van der Waals surface area contributed by atoms with Crippen molar-refractivity contribution >= 4 is 28.3 Å². The molecule has 10 nitrogen and oxygen atoms in total. The van der Waals surface area contributed by atoms with Crippen LogP contribution in [0.3, 0.4) is 0 Å². The minimum absolute atomic E-state index is 0. The Morgan fingerprint density at radius 1 is 1.24 bits per heavy atom. The monoisotopic (exact) mass is 495 g/mol. The molecule has 0 aliphatic carbocycles. The molecular weight excluding hydrogens is 470 g/mol. The van der Waals surface area contributed by atoms with Gasteiger partial charge in [0.15, 0.2) is 0 Å². The quantitative estimate of drug-likeness (QED) is 0.261. The summed E-state index contributed by atoms with van der Waals surface area (Å²) in [5.74, 6) is -1.36. The number of rotatable bonds is 9. The Balaban J connectivity index is 0.00000385. The van der Waals surface area contributed by atoms with Gasteiger partial charge in [0.25, 0.3) is 0 Å². The van der Waals surface area contributed by atoms with E-state index in [9.17, 15) is 18.3 Å². The summed E-state index contributed by atoms with van der Waals surface area (Å²) in [5, 5.41) is 23.6. The molecule has 2 aromatic carbocycles. The molecule has 0 spiro atoms. The second kappa shape index (κ2) is 10.6. The second-order valence-corrected chi connectivity index (χ2v) is 9.49. The number of phenols is 1. The maximum Gasteiger partial charge on any atom is 0.434 e. The van der Waals surface area contributed by atoms with Crippen LogP contribution in [0.1, 0.15) is 42.3 Å². The van der Waals surface area contributed by atoms with Crippen molar-refractivity contribution in [1.29, 1.82) is 5.41 Å². The topological polar surface area (TPSA) is 166 Å². The number of nitrogen functional groups attached to an aromatic ring is 1. The minimum atomic E-state index is -4.25. The molecule has 0 aliphatic rings. The number of hydrogen-bond acceptors (Lipinski definition) is 7. The van der Waals surface area contributed by atoms with Gasteiger partial charge in [-0.2, -0.15) is 4.31 Å². The van der Waals surface area contributed by atoms with E-state index in [2.05, 4.69) is 24.0 Å². The van der Waals surface area contributed by atoms with E-state index in [0.717, 1.165) is 15.9 Å². The van der Waals surface area contributed by atoms with E-state index in [1.807, 2.05) is 24.3 Å². The Hall–Kier alpha value is -3.15. The third-order valence-corrected chi connectivity index (χ3v) is 6.85. The summed E-state index contributed by atoms with van der Waals surface area (Å²) in [5.41, 5.74) is 7.71. The predicted octanol–water partition coefficient (Wildman–Crippen LogP) is 2.33. The summed E-state index contributed by atoms with van der Waals surface area (Å²) < 4.78 is 32.7. The van der Waals surface area contributed by atoms with Gasteiger partial charge in [0.2, 0.25) is 15.9 Å². The lowest BCUT2D eigenvalue weighted by Gasteiger charge is -2.21. The van der Waals surface area contributed by atoms with E-state index in [0.29, 0.717) is 12.3 Å². The van der Waals surface area contributed by atoms with Gasteiger partial charge in [0.05, 0.1) is 6.54 Å². The lowest BCUT2D eigenvalue weighted by atomic mass is 10.0. The summed E-state index contributed by atoms with van der Waals surface area (Å²) >= 11 is 0. The van der Waals surface area contributed by atoms with Crippen molar-refractivity contribution < 1.29 is 17.9 Å². The lowest BCUT2D eigenvalue weighted by molar-refractivity contribution is 0.348. The zero-order chi connectivity index (χ0) is 23.5. The number of hydrogen-bond donors (Lipinski definition) is 4. The van der Waals surface area contributed by atoms with Gasteiger partial charge in [-0.1, -0.05) is 38.1 Å². The minimum Gasteiger partial charge on any atom is -0.507 e. The number of nitrogens with two attached hydrogens (primary N) is 1. The predicted molar refractivity (Wildman–Crippen MR) is 125 cm³/mol. The molecule has 0 atom stereocenters. The molecule has 0 amide bonds. The average Bonchev–Trinajstić information content (AvgIpc) is 3.16. The van der Waals surface area contributed by atoms with Crippen molar-refractivity contribution in [2.75, 3.05) is 6.54 Å². The molecule has 3 aromatic rings. The highest BCUT2D eigenvalue weighted by atomic mass is 35.5. The summed E-state index contributed by atoms with van der Waals surface area (Å²) in [6.45, 7) is 3.88. The van der Waals surface area contributed by atoms with Gasteiger partial charge in [-0.05, 0) is 41.7 Å². The van der Waals surface area contributed by atoms with Crippen LogP contribution in [0.5, 0.6) is 5.75 Å². The van der Waals surface area contributed by atoms with E-state index >= 15 is 0 Å². The third kappa shape index (κ3) is 6.21. The number of H-pyrrole nitrogens is 1. The number of phenolic OH excluding ortho intramolecular Hbond substituents is 1. The number of benzene rings is 2. The number of sulfonamides is 1. The Morgan fingerprint density at radius 2 is 1.91 bits per heavy atom. The van der Waals surface area contributed by atoms with Crippen molar-refractivity contribution in [3.63, 3.8) is 0 Å². The number of aromatic amines is 1. The second-order valence-electron chi connectivity index (χ2n) is 7.59. The Bertz CT molecular complexity index is 1270. The number of aromatic nitrogens is 2. The normalized spacial score (nSPS) is 11.5. The summed E-state index contributed by atoms with van der Waals surface area (Å²) in [4.78, 5) is 10.9. The third-order valence-electron chi connectivity index (χ3n) is 4.98. The molecule has 3 rings (SSSR count). The van der Waals surface area contributed by atoms with Crippen molar-refractivity contribution in [3.05, 3.63) is 75.6 Å². The van der Waals surface area contributed by atoms with E-state index in [4.69, 9.17) is 15.6 Å². The first-order valence-corrected chi connectivity index (χ1v) is 11.3. The molecule has 0 saturated carbocycles. The number of nitrogens with one attached hydrogen (secondary N) is 2. The number of halogens is 1. The van der Waals surface area contributed by atoms with E-state index in [1.165, 1.54) is 17.7 Å². The van der Waals surface area contributed by atoms with Gasteiger partial charge in [0, 0.05) is 12.1 Å². The molecule has 0 unspecified atom stereocenters. The zero-order valence-corrected chi connectivity index (χ0v) is 19.7. The molecule has 33 heavy (non-hydrogen) atoms. The van der Waals surface area contributed by atoms with E-state index < -0.39 is 26.4 Å². The molecule has 1 aromatic heterocycles. The number of amidine groups is 1. The summed E-state index contributed by atoms with van der Waals surface area (Å²) in [6.07, 6.45) is 0.374. The van der Waals surface area contributed by atoms with Crippen LogP contribution in [0.25, 0.3) is 0 Å². The van der Waals surface area contributed by atoms with Gasteiger partial charge in [-0.15, -0.1) is 17.5 Å². The SMILES string of the molecule is CC(C)c1ccc(CCN(Cc2n[nH]c(=O)o2)S(=O)(=O)c2cc(C(=N)N)ccc2O)cc1.Cl. The number of nitrogens with zero attached hydrogens (tertiary/aromatic N) is 2. The van der Waals surface area contributed by atoms with Crippen LogP contribution in [-0.4, -0.2) is 40.4 Å². The fraction of sp³-hybridized carbons (Fsp3) is 0.286. The standard InChI is InChI=1S/C21H25N5O5S.ClH/c1-13(2)15-5-3-14(4-6-15)9-10-26(12-19-24-25-21(28)31-19)32(29,30)18-11-16(20(22)23)7-8-17(18)27;/h3-8,11,13,27H,9-10,12H2,1-2H3,(H3,22,23)(H,25,28);1H. The van der Waals surface area contributed by atoms with E-state index in [-0.39, 0.29) is 42.8 Å². The van der Waals surface area contributed by atoms with Gasteiger partial charge in [-0.25, -0.2) is 18.3 Å². The van der Waals surface area contributed by atoms with Gasteiger partial charge >= 0.3 is 5.76 Å². The van der Waals surface area contributed by atoms with Crippen molar-refractivity contribution in [2.24, 2.45) is 5.73 Å². The maximum absolute atomic E-state index is 13.4. The smallest absolute Gasteiger partial charge is 0.434 e. The molecule has 0 saturated heterocycles. The Morgan fingerprint density at radius 3 is 2.45 bits per heavy atom. The molecule has 1 heterocycles. The van der Waals surface area contributed by atoms with Crippen molar-refractivity contribution in [3.8, 4) is 5.75 Å². The molecule has 0 aliphatic heterocycles. The summed E-state index contributed by atoms with van der Waals surface area (Å²) in [6, 6.07) is 11.5. The van der Waals surface area contributed by atoms with Crippen LogP contribution < -0.4 is 11.5 Å². The van der Waals surface area contributed by atoms with E-state index in [1.54, 1.807) is 0 Å². The Labute approximate surface area is 197 Å². The van der Waals surface area contributed by atoms with Crippen LogP contribution in [0.15, 0.2) is 56.6 Å². The molecule has 5 N–H and O–H groups in total.